The van der Waals surface area contributed by atoms with Crippen LogP contribution in [0.4, 0.5) is 5.69 Å². The van der Waals surface area contributed by atoms with Gasteiger partial charge in [-0.15, -0.1) is 0 Å². The van der Waals surface area contributed by atoms with Gasteiger partial charge in [-0.1, -0.05) is 19.9 Å². The number of phenols is 1. The molecule has 0 fully saturated rings. The molecule has 0 saturated carbocycles. The lowest BCUT2D eigenvalue weighted by molar-refractivity contribution is -0.116. The van der Waals surface area contributed by atoms with Gasteiger partial charge in [0.15, 0.2) is 0 Å². The van der Waals surface area contributed by atoms with Gasteiger partial charge in [0.1, 0.15) is 5.75 Å². The first-order valence-corrected chi connectivity index (χ1v) is 7.23. The predicted octanol–water partition coefficient (Wildman–Crippen LogP) is 3.04. The summed E-state index contributed by atoms with van der Waals surface area (Å²) in [5.74, 6) is 1.04. The molecule has 0 spiro atoms. The van der Waals surface area contributed by atoms with E-state index in [-0.39, 0.29) is 11.7 Å². The molecule has 112 valence electrons. The van der Waals surface area contributed by atoms with E-state index < -0.39 is 0 Å². The molecule has 4 heteroatoms. The smallest absolute Gasteiger partial charge is 0.224 e. The first kappa shape index (κ1) is 16.5. The summed E-state index contributed by atoms with van der Waals surface area (Å²) in [6.45, 7) is 6.89. The fraction of sp³-hybridized carbons (Fsp3) is 0.562. The first-order valence-electron chi connectivity index (χ1n) is 7.23. The van der Waals surface area contributed by atoms with Gasteiger partial charge in [0, 0.05) is 6.42 Å². The van der Waals surface area contributed by atoms with Gasteiger partial charge < -0.3 is 16.2 Å². The van der Waals surface area contributed by atoms with Gasteiger partial charge in [-0.05, 0) is 55.8 Å². The number of nitrogens with one attached hydrogen (secondary N) is 1. The Bertz CT molecular complexity index is 444. The molecule has 4 N–H and O–H groups in total. The first-order chi connectivity index (χ1) is 9.43. The number of hydrogen-bond acceptors (Lipinski definition) is 3. The summed E-state index contributed by atoms with van der Waals surface area (Å²) in [5.41, 5.74) is 7.08. The van der Waals surface area contributed by atoms with Crippen LogP contribution in [0.25, 0.3) is 0 Å². The number of rotatable bonds is 7. The van der Waals surface area contributed by atoms with Crippen LogP contribution in [-0.4, -0.2) is 17.6 Å². The van der Waals surface area contributed by atoms with E-state index in [2.05, 4.69) is 19.2 Å². The zero-order chi connectivity index (χ0) is 15.1. The normalized spacial score (nSPS) is 12.4. The molecule has 1 aromatic carbocycles. The number of aryl methyl sites for hydroxylation is 1. The Labute approximate surface area is 121 Å². The van der Waals surface area contributed by atoms with Gasteiger partial charge in [0.05, 0.1) is 5.69 Å². The lowest BCUT2D eigenvalue weighted by atomic mass is 9.88. The predicted molar refractivity (Wildman–Crippen MR) is 82.7 cm³/mol. The Kier molecular flexibility index (Phi) is 6.52. The number of nitrogens with two attached hydrogens (primary N) is 1. The topological polar surface area (TPSA) is 75.3 Å². The highest BCUT2D eigenvalue weighted by molar-refractivity contribution is 5.92. The maximum atomic E-state index is 12.0. The summed E-state index contributed by atoms with van der Waals surface area (Å²) in [6, 6.07) is 5.17. The second-order valence-corrected chi connectivity index (χ2v) is 5.69. The highest BCUT2D eigenvalue weighted by Gasteiger charge is 2.15. The standard InChI is InChI=1S/C16H26N2O2/c1-11(2)13(8-9-17)5-7-16(20)18-14-10-12(3)4-6-15(14)19/h4,6,10-11,13,19H,5,7-9,17H2,1-3H3,(H,18,20). The number of amides is 1. The van der Waals surface area contributed by atoms with Crippen molar-refractivity contribution in [2.75, 3.05) is 11.9 Å². The van der Waals surface area contributed by atoms with Gasteiger partial charge >= 0.3 is 0 Å². The average Bonchev–Trinajstić information content (AvgIpc) is 2.38. The molecule has 4 nitrogen and oxygen atoms in total. The van der Waals surface area contributed by atoms with E-state index in [9.17, 15) is 9.90 Å². The van der Waals surface area contributed by atoms with Gasteiger partial charge in [-0.2, -0.15) is 0 Å². The lowest BCUT2D eigenvalue weighted by Gasteiger charge is -2.19. The van der Waals surface area contributed by atoms with Crippen molar-refractivity contribution in [3.05, 3.63) is 23.8 Å². The quantitative estimate of drug-likeness (QED) is 0.671. The van der Waals surface area contributed by atoms with Crippen molar-refractivity contribution in [3.63, 3.8) is 0 Å². The average molecular weight is 278 g/mol. The highest BCUT2D eigenvalue weighted by atomic mass is 16.3. The van der Waals surface area contributed by atoms with Crippen LogP contribution in [0, 0.1) is 18.8 Å². The maximum absolute atomic E-state index is 12.0. The Balaban J connectivity index is 2.53. The molecule has 0 saturated heterocycles. The SMILES string of the molecule is Cc1ccc(O)c(NC(=O)CCC(CCN)C(C)C)c1. The third kappa shape index (κ3) is 5.21. The molecule has 0 radical (unpaired) electrons. The van der Waals surface area contributed by atoms with E-state index in [1.807, 2.05) is 6.92 Å². The number of aromatic hydroxyl groups is 1. The Morgan fingerprint density at radius 1 is 1.35 bits per heavy atom. The second-order valence-electron chi connectivity index (χ2n) is 5.69. The molecule has 1 aromatic rings. The summed E-state index contributed by atoms with van der Waals surface area (Å²) in [4.78, 5) is 12.0. The number of phenolic OH excluding ortho intramolecular Hbond substituents is 1. The van der Waals surface area contributed by atoms with Crippen LogP contribution >= 0.6 is 0 Å². The van der Waals surface area contributed by atoms with Crippen molar-refractivity contribution in [1.82, 2.24) is 0 Å². The second kappa shape index (κ2) is 7.90. The molecule has 20 heavy (non-hydrogen) atoms. The van der Waals surface area contributed by atoms with Crippen LogP contribution in [-0.2, 0) is 4.79 Å². The fourth-order valence-electron chi connectivity index (χ4n) is 2.30. The Morgan fingerprint density at radius 2 is 2.05 bits per heavy atom. The zero-order valence-corrected chi connectivity index (χ0v) is 12.6. The van der Waals surface area contributed by atoms with Gasteiger partial charge in [-0.25, -0.2) is 0 Å². The molecule has 0 aromatic heterocycles. The number of carbonyl (C=O) groups is 1. The van der Waals surface area contributed by atoms with Gasteiger partial charge in [0.2, 0.25) is 5.91 Å². The van der Waals surface area contributed by atoms with Crippen molar-refractivity contribution in [1.29, 1.82) is 0 Å². The number of carbonyl (C=O) groups excluding carboxylic acids is 1. The molecule has 0 aliphatic heterocycles. The third-order valence-corrected chi connectivity index (χ3v) is 3.65. The minimum atomic E-state index is -0.0615. The van der Waals surface area contributed by atoms with E-state index in [1.54, 1.807) is 18.2 Å². The highest BCUT2D eigenvalue weighted by Crippen LogP contribution is 2.25. The number of anilines is 1. The zero-order valence-electron chi connectivity index (χ0n) is 12.6. The minimum Gasteiger partial charge on any atom is -0.506 e. The molecule has 0 bridgehead atoms. The Hall–Kier alpha value is -1.55. The van der Waals surface area contributed by atoms with E-state index in [0.29, 0.717) is 30.5 Å². The summed E-state index contributed by atoms with van der Waals surface area (Å²) >= 11 is 0. The van der Waals surface area contributed by atoms with Crippen molar-refractivity contribution in [2.45, 2.75) is 40.0 Å². The third-order valence-electron chi connectivity index (χ3n) is 3.65. The maximum Gasteiger partial charge on any atom is 0.224 e. The van der Waals surface area contributed by atoms with Crippen LogP contribution in [0.2, 0.25) is 0 Å². The van der Waals surface area contributed by atoms with E-state index in [0.717, 1.165) is 18.4 Å². The number of benzene rings is 1. The molecule has 0 heterocycles. The van der Waals surface area contributed by atoms with Crippen molar-refractivity contribution in [3.8, 4) is 5.75 Å². The Morgan fingerprint density at radius 3 is 2.65 bits per heavy atom. The van der Waals surface area contributed by atoms with Crippen LogP contribution in [0.15, 0.2) is 18.2 Å². The fourth-order valence-corrected chi connectivity index (χ4v) is 2.30. The largest absolute Gasteiger partial charge is 0.506 e. The summed E-state index contributed by atoms with van der Waals surface area (Å²) in [7, 11) is 0. The lowest BCUT2D eigenvalue weighted by Crippen LogP contribution is -2.18. The molecule has 1 unspecified atom stereocenters. The van der Waals surface area contributed by atoms with Crippen LogP contribution < -0.4 is 11.1 Å². The van der Waals surface area contributed by atoms with Crippen molar-refractivity contribution < 1.29 is 9.90 Å². The molecular weight excluding hydrogens is 252 g/mol. The van der Waals surface area contributed by atoms with Crippen molar-refractivity contribution >= 4 is 11.6 Å². The molecule has 1 rings (SSSR count). The molecule has 0 aliphatic carbocycles. The van der Waals surface area contributed by atoms with Gasteiger partial charge in [-0.3, -0.25) is 4.79 Å². The van der Waals surface area contributed by atoms with E-state index in [4.69, 9.17) is 5.73 Å². The van der Waals surface area contributed by atoms with Crippen LogP contribution in [0.3, 0.4) is 0 Å². The minimum absolute atomic E-state index is 0.0615. The van der Waals surface area contributed by atoms with Gasteiger partial charge in [0.25, 0.3) is 0 Å². The summed E-state index contributed by atoms with van der Waals surface area (Å²) < 4.78 is 0. The monoisotopic (exact) mass is 278 g/mol. The van der Waals surface area contributed by atoms with Crippen LogP contribution in [0.1, 0.15) is 38.7 Å². The molecular formula is C16H26N2O2. The molecule has 1 amide bonds. The van der Waals surface area contributed by atoms with Crippen molar-refractivity contribution in [2.24, 2.45) is 17.6 Å². The summed E-state index contributed by atoms with van der Waals surface area (Å²) in [6.07, 6.45) is 2.23. The van der Waals surface area contributed by atoms with E-state index >= 15 is 0 Å². The molecule has 0 aliphatic rings. The van der Waals surface area contributed by atoms with Crippen LogP contribution in [0.5, 0.6) is 5.75 Å². The van der Waals surface area contributed by atoms with E-state index in [1.165, 1.54) is 0 Å². The number of hydrogen-bond donors (Lipinski definition) is 3. The summed E-state index contributed by atoms with van der Waals surface area (Å²) in [5, 5.41) is 12.5. The molecule has 1 atom stereocenters.